The third kappa shape index (κ3) is 3.53. The minimum Gasteiger partial charge on any atom is -0.473 e. The molecular formula is C12H18N4O4. The molecule has 0 saturated heterocycles. The Labute approximate surface area is 116 Å². The zero-order valence-electron chi connectivity index (χ0n) is 11.6. The lowest BCUT2D eigenvalue weighted by atomic mass is 10.4. The number of aromatic nitrogens is 2. The molecule has 1 aliphatic rings. The molecule has 0 bridgehead atoms. The molecule has 1 aromatic heterocycles. The molecule has 0 spiro atoms. The maximum Gasteiger partial charge on any atom is 0.372 e. The van der Waals surface area contributed by atoms with Gasteiger partial charge in [0.2, 0.25) is 5.82 Å². The van der Waals surface area contributed by atoms with Crippen molar-refractivity contribution in [3.05, 3.63) is 15.9 Å². The van der Waals surface area contributed by atoms with Gasteiger partial charge in [-0.25, -0.2) is 4.98 Å². The predicted octanol–water partition coefficient (Wildman–Crippen LogP) is 1.89. The van der Waals surface area contributed by atoms with E-state index in [1.807, 2.05) is 6.92 Å². The van der Waals surface area contributed by atoms with E-state index in [1.165, 1.54) is 7.11 Å². The van der Waals surface area contributed by atoms with E-state index in [9.17, 15) is 10.1 Å². The largest absolute Gasteiger partial charge is 0.473 e. The van der Waals surface area contributed by atoms with Gasteiger partial charge in [-0.05, 0) is 19.3 Å². The molecule has 8 nitrogen and oxygen atoms in total. The van der Waals surface area contributed by atoms with Crippen molar-refractivity contribution in [1.29, 1.82) is 0 Å². The molecular weight excluding hydrogens is 264 g/mol. The molecule has 1 N–H and O–H groups in total. The summed E-state index contributed by atoms with van der Waals surface area (Å²) in [6.07, 6.45) is 2.73. The number of anilines is 1. The van der Waals surface area contributed by atoms with Crippen molar-refractivity contribution in [2.45, 2.75) is 38.8 Å². The van der Waals surface area contributed by atoms with Crippen molar-refractivity contribution in [3.63, 3.8) is 0 Å². The van der Waals surface area contributed by atoms with Gasteiger partial charge in [-0.2, -0.15) is 4.98 Å². The zero-order valence-corrected chi connectivity index (χ0v) is 11.6. The summed E-state index contributed by atoms with van der Waals surface area (Å²) in [6.45, 7) is 2.47. The van der Waals surface area contributed by atoms with E-state index >= 15 is 0 Å². The zero-order chi connectivity index (χ0) is 14.5. The normalized spacial score (nSPS) is 14.1. The molecule has 1 heterocycles. The van der Waals surface area contributed by atoms with Crippen LogP contribution in [0.4, 0.5) is 11.5 Å². The summed E-state index contributed by atoms with van der Waals surface area (Å²) < 4.78 is 10.4. The highest BCUT2D eigenvalue weighted by atomic mass is 16.6. The maximum absolute atomic E-state index is 11.3. The number of nitrogens with one attached hydrogen (secondary N) is 1. The van der Waals surface area contributed by atoms with Crippen LogP contribution in [-0.4, -0.2) is 34.6 Å². The van der Waals surface area contributed by atoms with Crippen molar-refractivity contribution in [1.82, 2.24) is 9.97 Å². The van der Waals surface area contributed by atoms with Crippen LogP contribution in [0, 0.1) is 10.1 Å². The van der Waals surface area contributed by atoms with Crippen LogP contribution in [0.25, 0.3) is 0 Å². The summed E-state index contributed by atoms with van der Waals surface area (Å²) in [4.78, 5) is 19.0. The minimum atomic E-state index is -0.508. The summed E-state index contributed by atoms with van der Waals surface area (Å²) in [5, 5.41) is 14.3. The smallest absolute Gasteiger partial charge is 0.372 e. The summed E-state index contributed by atoms with van der Waals surface area (Å²) in [7, 11) is 1.52. The molecule has 1 aliphatic carbocycles. The van der Waals surface area contributed by atoms with Crippen LogP contribution in [0.1, 0.15) is 32.0 Å². The van der Waals surface area contributed by atoms with Gasteiger partial charge in [0.05, 0.1) is 11.5 Å². The van der Waals surface area contributed by atoms with Crippen molar-refractivity contribution < 1.29 is 14.4 Å². The van der Waals surface area contributed by atoms with E-state index in [4.69, 9.17) is 9.47 Å². The Morgan fingerprint density at radius 3 is 2.75 bits per heavy atom. The van der Waals surface area contributed by atoms with Crippen LogP contribution in [0.3, 0.4) is 0 Å². The average molecular weight is 282 g/mol. The lowest BCUT2D eigenvalue weighted by molar-refractivity contribution is -0.385. The van der Waals surface area contributed by atoms with Gasteiger partial charge >= 0.3 is 5.69 Å². The van der Waals surface area contributed by atoms with E-state index < -0.39 is 4.92 Å². The number of rotatable bonds is 8. The Morgan fingerprint density at radius 1 is 1.45 bits per heavy atom. The summed E-state index contributed by atoms with van der Waals surface area (Å²) >= 11 is 0. The fourth-order valence-electron chi connectivity index (χ4n) is 1.66. The van der Waals surface area contributed by atoms with Crippen molar-refractivity contribution in [2.24, 2.45) is 0 Å². The van der Waals surface area contributed by atoms with Gasteiger partial charge in [0, 0.05) is 13.2 Å². The highest BCUT2D eigenvalue weighted by Gasteiger charge is 2.31. The molecule has 0 aliphatic heterocycles. The second-order valence-electron chi connectivity index (χ2n) is 4.60. The van der Waals surface area contributed by atoms with Crippen LogP contribution >= 0.6 is 0 Å². The van der Waals surface area contributed by atoms with Crippen LogP contribution in [0.2, 0.25) is 0 Å². The third-order valence-corrected chi connectivity index (χ3v) is 2.72. The summed E-state index contributed by atoms with van der Waals surface area (Å²) in [6, 6.07) is 0.248. The molecule has 0 atom stereocenters. The molecule has 110 valence electrons. The third-order valence-electron chi connectivity index (χ3n) is 2.72. The number of ether oxygens (including phenoxy) is 2. The van der Waals surface area contributed by atoms with Crippen LogP contribution in [0.15, 0.2) is 0 Å². The minimum absolute atomic E-state index is 0.00190. The van der Waals surface area contributed by atoms with Gasteiger partial charge < -0.3 is 14.8 Å². The predicted molar refractivity (Wildman–Crippen MR) is 71.8 cm³/mol. The Morgan fingerprint density at radius 2 is 2.20 bits per heavy atom. The van der Waals surface area contributed by atoms with E-state index in [-0.39, 0.29) is 30.0 Å². The topological polar surface area (TPSA) is 99.4 Å². The number of hydrogen-bond donors (Lipinski definition) is 1. The van der Waals surface area contributed by atoms with Gasteiger partial charge in [-0.15, -0.1) is 0 Å². The van der Waals surface area contributed by atoms with E-state index in [0.717, 1.165) is 19.3 Å². The standard InChI is InChI=1S/C12H18N4O4/c1-3-6-20-12-10(16(17)18)11(13-8-4-5-8)14-9(15-12)7-19-2/h8H,3-7H2,1-2H3,(H,13,14,15). The van der Waals surface area contributed by atoms with E-state index in [1.54, 1.807) is 0 Å². The van der Waals surface area contributed by atoms with Gasteiger partial charge in [0.1, 0.15) is 6.61 Å². The molecule has 0 unspecified atom stereocenters. The lowest BCUT2D eigenvalue weighted by Crippen LogP contribution is -2.12. The van der Waals surface area contributed by atoms with E-state index in [2.05, 4.69) is 15.3 Å². The number of hydrogen-bond acceptors (Lipinski definition) is 7. The highest BCUT2D eigenvalue weighted by molar-refractivity contribution is 5.62. The Hall–Kier alpha value is -1.96. The molecule has 1 aromatic rings. The van der Waals surface area contributed by atoms with Gasteiger partial charge in [0.25, 0.3) is 5.88 Å². The van der Waals surface area contributed by atoms with Crippen molar-refractivity contribution in [3.8, 4) is 5.88 Å². The molecule has 1 saturated carbocycles. The van der Waals surface area contributed by atoms with E-state index in [0.29, 0.717) is 12.4 Å². The number of nitro groups is 1. The summed E-state index contributed by atoms with van der Waals surface area (Å²) in [5.41, 5.74) is -0.204. The highest BCUT2D eigenvalue weighted by Crippen LogP contribution is 2.35. The van der Waals surface area contributed by atoms with Crippen LogP contribution in [-0.2, 0) is 11.3 Å². The first-order valence-electron chi connectivity index (χ1n) is 6.59. The number of methoxy groups -OCH3 is 1. The molecule has 8 heteroatoms. The number of nitrogens with zero attached hydrogens (tertiary/aromatic N) is 3. The first-order chi connectivity index (χ1) is 9.65. The van der Waals surface area contributed by atoms with Gasteiger partial charge in [0.15, 0.2) is 5.82 Å². The first kappa shape index (κ1) is 14.4. The Kier molecular flexibility index (Phi) is 4.67. The average Bonchev–Trinajstić information content (AvgIpc) is 3.20. The van der Waals surface area contributed by atoms with Gasteiger partial charge in [-0.3, -0.25) is 10.1 Å². The fraction of sp³-hybridized carbons (Fsp3) is 0.667. The van der Waals surface area contributed by atoms with Crippen molar-refractivity contribution in [2.75, 3.05) is 19.0 Å². The molecule has 0 amide bonds. The lowest BCUT2D eigenvalue weighted by Gasteiger charge is -2.11. The van der Waals surface area contributed by atoms with Crippen molar-refractivity contribution >= 4 is 11.5 Å². The Bertz CT molecular complexity index is 491. The molecule has 0 radical (unpaired) electrons. The molecule has 1 fully saturated rings. The monoisotopic (exact) mass is 282 g/mol. The van der Waals surface area contributed by atoms with Crippen LogP contribution < -0.4 is 10.1 Å². The van der Waals surface area contributed by atoms with Gasteiger partial charge in [-0.1, -0.05) is 6.92 Å². The molecule has 2 rings (SSSR count). The Balaban J connectivity index is 2.37. The SMILES string of the molecule is CCCOc1nc(COC)nc(NC2CC2)c1[N+](=O)[O-]. The first-order valence-corrected chi connectivity index (χ1v) is 6.59. The second kappa shape index (κ2) is 6.47. The molecule has 20 heavy (non-hydrogen) atoms. The quantitative estimate of drug-likeness (QED) is 0.574. The maximum atomic E-state index is 11.3. The summed E-state index contributed by atoms with van der Waals surface area (Å²) in [5.74, 6) is 0.583. The van der Waals surface area contributed by atoms with Crippen LogP contribution in [0.5, 0.6) is 5.88 Å². The fourth-order valence-corrected chi connectivity index (χ4v) is 1.66. The molecule has 0 aromatic carbocycles. The second-order valence-corrected chi connectivity index (χ2v) is 4.60.